The van der Waals surface area contributed by atoms with E-state index in [1.807, 2.05) is 48.5 Å². The van der Waals surface area contributed by atoms with E-state index in [0.717, 1.165) is 11.1 Å². The number of rotatable bonds is 3. The van der Waals surface area contributed by atoms with Gasteiger partial charge in [0, 0.05) is 15.1 Å². The average Bonchev–Trinajstić information content (AvgIpc) is 2.72. The zero-order chi connectivity index (χ0) is 20.4. The number of anilines is 1. The second-order valence-electron chi connectivity index (χ2n) is 6.87. The Balaban J connectivity index is 1.72. The van der Waals surface area contributed by atoms with Gasteiger partial charge in [0.2, 0.25) is 0 Å². The molecule has 0 aliphatic carbocycles. The molecule has 3 aromatic carbocycles. The van der Waals surface area contributed by atoms with Crippen LogP contribution >= 0.6 is 27.5 Å². The molecule has 0 aromatic heterocycles. The van der Waals surface area contributed by atoms with Crippen LogP contribution < -0.4 is 4.90 Å². The summed E-state index contributed by atoms with van der Waals surface area (Å²) < 4.78 is 20.8. The van der Waals surface area contributed by atoms with E-state index in [-0.39, 0.29) is 18.5 Å². The summed E-state index contributed by atoms with van der Waals surface area (Å²) in [5.41, 5.74) is 2.71. The zero-order valence-electron chi connectivity index (χ0n) is 15.4. The van der Waals surface area contributed by atoms with Crippen molar-refractivity contribution in [3.05, 3.63) is 98.7 Å². The molecule has 0 N–H and O–H groups in total. The topological polar surface area (TPSA) is 29.5 Å². The maximum Gasteiger partial charge on any atom is 0.415 e. The summed E-state index contributed by atoms with van der Waals surface area (Å²) in [6.45, 7) is 0.136. The Morgan fingerprint density at radius 2 is 1.86 bits per heavy atom. The fourth-order valence-electron chi connectivity index (χ4n) is 3.68. The van der Waals surface area contributed by atoms with Crippen molar-refractivity contribution in [1.82, 2.24) is 0 Å². The molecular weight excluding hydrogens is 457 g/mol. The third-order valence-corrected chi connectivity index (χ3v) is 5.84. The van der Waals surface area contributed by atoms with Crippen LogP contribution in [0.25, 0.3) is 0 Å². The van der Waals surface area contributed by atoms with E-state index >= 15 is 0 Å². The highest BCUT2D eigenvalue weighted by Gasteiger charge is 2.35. The van der Waals surface area contributed by atoms with Gasteiger partial charge in [-0.2, -0.15) is 0 Å². The van der Waals surface area contributed by atoms with E-state index in [9.17, 15) is 9.18 Å². The Labute approximate surface area is 182 Å². The first-order valence-electron chi connectivity index (χ1n) is 9.27. The third kappa shape index (κ3) is 4.16. The van der Waals surface area contributed by atoms with Gasteiger partial charge in [-0.05, 0) is 42.2 Å². The first-order chi connectivity index (χ1) is 14.0. The molecule has 0 bridgehead atoms. The van der Waals surface area contributed by atoms with Gasteiger partial charge in [-0.15, -0.1) is 0 Å². The van der Waals surface area contributed by atoms with Crippen molar-refractivity contribution in [2.24, 2.45) is 0 Å². The number of halogens is 3. The molecule has 1 amide bonds. The number of hydrogen-bond acceptors (Lipinski definition) is 2. The summed E-state index contributed by atoms with van der Waals surface area (Å²) in [5.74, 6) is -0.340. The number of benzene rings is 3. The number of carbonyl (C=O) groups excluding carboxylic acids is 1. The largest absolute Gasteiger partial charge is 0.444 e. The fourth-order valence-corrected chi connectivity index (χ4v) is 4.36. The Kier molecular flexibility index (Phi) is 5.88. The molecule has 29 heavy (non-hydrogen) atoms. The first kappa shape index (κ1) is 19.9. The number of ether oxygens (including phenoxy) is 1. The van der Waals surface area contributed by atoms with Gasteiger partial charge in [0.1, 0.15) is 12.4 Å². The summed E-state index contributed by atoms with van der Waals surface area (Å²) >= 11 is 9.77. The summed E-state index contributed by atoms with van der Waals surface area (Å²) in [6.07, 6.45) is 0.528. The predicted molar refractivity (Wildman–Crippen MR) is 116 cm³/mol. The van der Waals surface area contributed by atoms with Gasteiger partial charge >= 0.3 is 6.09 Å². The summed E-state index contributed by atoms with van der Waals surface area (Å²) in [7, 11) is 0. The highest BCUT2D eigenvalue weighted by atomic mass is 79.9. The minimum atomic E-state index is -0.530. The second-order valence-corrected chi connectivity index (χ2v) is 8.19. The Morgan fingerprint density at radius 3 is 2.62 bits per heavy atom. The van der Waals surface area contributed by atoms with E-state index in [2.05, 4.69) is 15.9 Å². The molecule has 0 spiro atoms. The molecule has 3 nitrogen and oxygen atoms in total. The number of carbonyl (C=O) groups is 1. The molecule has 0 saturated heterocycles. The molecule has 1 aliphatic heterocycles. The van der Waals surface area contributed by atoms with Crippen LogP contribution in [0.1, 0.15) is 29.2 Å². The number of hydrogen-bond donors (Lipinski definition) is 0. The summed E-state index contributed by atoms with van der Waals surface area (Å²) in [6, 6.07) is 19.7. The van der Waals surface area contributed by atoms with Gasteiger partial charge < -0.3 is 4.74 Å². The van der Waals surface area contributed by atoms with Crippen LogP contribution in [0, 0.1) is 5.82 Å². The Bertz CT molecular complexity index is 1040. The van der Waals surface area contributed by atoms with E-state index < -0.39 is 6.09 Å². The smallest absolute Gasteiger partial charge is 0.415 e. The Morgan fingerprint density at radius 1 is 1.14 bits per heavy atom. The first-order valence-corrected chi connectivity index (χ1v) is 10.4. The standard InChI is InChI=1S/C23H18BrClFNO2/c24-16-12-20(26)18-10-11-21(17-8-4-5-9-19(17)25)27(22(18)13-16)23(28)29-14-15-6-2-1-3-7-15/h1-9,12-13,21H,10-11,14H2. The maximum absolute atomic E-state index is 14.6. The fraction of sp³-hybridized carbons (Fsp3) is 0.174. The lowest BCUT2D eigenvalue weighted by Gasteiger charge is -2.37. The molecule has 1 heterocycles. The highest BCUT2D eigenvalue weighted by molar-refractivity contribution is 9.10. The molecular formula is C23H18BrClFNO2. The number of nitrogens with zero attached hydrogens (tertiary/aromatic N) is 1. The van der Waals surface area contributed by atoms with Gasteiger partial charge in [0.05, 0.1) is 11.7 Å². The van der Waals surface area contributed by atoms with Crippen LogP contribution in [0.15, 0.2) is 71.2 Å². The van der Waals surface area contributed by atoms with Gasteiger partial charge in [-0.25, -0.2) is 9.18 Å². The molecule has 3 aromatic rings. The monoisotopic (exact) mass is 473 g/mol. The SMILES string of the molecule is O=C(OCc1ccccc1)N1c2cc(Br)cc(F)c2CCC1c1ccccc1Cl. The van der Waals surface area contributed by atoms with Crippen molar-refractivity contribution >= 4 is 39.3 Å². The van der Waals surface area contributed by atoms with Crippen molar-refractivity contribution in [3.8, 4) is 0 Å². The quantitative estimate of drug-likeness (QED) is 0.406. The van der Waals surface area contributed by atoms with Crippen molar-refractivity contribution < 1.29 is 13.9 Å². The van der Waals surface area contributed by atoms with Crippen LogP contribution in [0.3, 0.4) is 0 Å². The minimum Gasteiger partial charge on any atom is -0.444 e. The molecule has 0 fully saturated rings. The van der Waals surface area contributed by atoms with E-state index in [4.69, 9.17) is 16.3 Å². The molecule has 148 valence electrons. The zero-order valence-corrected chi connectivity index (χ0v) is 17.8. The van der Waals surface area contributed by atoms with E-state index in [0.29, 0.717) is 33.6 Å². The molecule has 0 radical (unpaired) electrons. The highest BCUT2D eigenvalue weighted by Crippen LogP contribution is 2.43. The van der Waals surface area contributed by atoms with Crippen LogP contribution in [0.4, 0.5) is 14.9 Å². The van der Waals surface area contributed by atoms with Crippen molar-refractivity contribution in [2.45, 2.75) is 25.5 Å². The molecule has 1 unspecified atom stereocenters. The van der Waals surface area contributed by atoms with Crippen LogP contribution in [0.2, 0.25) is 5.02 Å². The van der Waals surface area contributed by atoms with Crippen molar-refractivity contribution in [1.29, 1.82) is 0 Å². The molecule has 6 heteroatoms. The van der Waals surface area contributed by atoms with Gasteiger partial charge in [-0.1, -0.05) is 76.1 Å². The Hall–Kier alpha value is -2.37. The van der Waals surface area contributed by atoms with Gasteiger partial charge in [0.15, 0.2) is 0 Å². The van der Waals surface area contributed by atoms with Crippen LogP contribution in [0.5, 0.6) is 0 Å². The molecule has 1 atom stereocenters. The van der Waals surface area contributed by atoms with E-state index in [1.54, 1.807) is 12.1 Å². The van der Waals surface area contributed by atoms with Crippen LogP contribution in [-0.2, 0) is 17.8 Å². The lowest BCUT2D eigenvalue weighted by atomic mass is 9.91. The average molecular weight is 475 g/mol. The normalized spacial score (nSPS) is 15.7. The second kappa shape index (κ2) is 8.56. The lowest BCUT2D eigenvalue weighted by molar-refractivity contribution is 0.143. The molecule has 4 rings (SSSR count). The van der Waals surface area contributed by atoms with Crippen LogP contribution in [-0.4, -0.2) is 6.09 Å². The molecule has 0 saturated carbocycles. The maximum atomic E-state index is 14.6. The van der Waals surface area contributed by atoms with Gasteiger partial charge in [-0.3, -0.25) is 4.90 Å². The van der Waals surface area contributed by atoms with Crippen molar-refractivity contribution in [3.63, 3.8) is 0 Å². The number of fused-ring (bicyclic) bond motifs is 1. The number of amides is 1. The van der Waals surface area contributed by atoms with Gasteiger partial charge in [0.25, 0.3) is 0 Å². The lowest BCUT2D eigenvalue weighted by Crippen LogP contribution is -2.39. The van der Waals surface area contributed by atoms with E-state index in [1.165, 1.54) is 11.0 Å². The summed E-state index contributed by atoms with van der Waals surface area (Å²) in [5, 5.41) is 0.567. The minimum absolute atomic E-state index is 0.136. The molecule has 1 aliphatic rings. The van der Waals surface area contributed by atoms with Crippen molar-refractivity contribution in [2.75, 3.05) is 4.90 Å². The summed E-state index contributed by atoms with van der Waals surface area (Å²) in [4.78, 5) is 14.7. The predicted octanol–water partition coefficient (Wildman–Crippen LogP) is 7.07. The third-order valence-electron chi connectivity index (χ3n) is 5.04.